The van der Waals surface area contributed by atoms with Crippen molar-refractivity contribution in [1.29, 1.82) is 0 Å². The molecule has 0 aliphatic heterocycles. The second-order valence-corrected chi connectivity index (χ2v) is 3.30. The van der Waals surface area contributed by atoms with Gasteiger partial charge in [0.05, 0.1) is 5.69 Å². The molecule has 1 rings (SSSR count). The molecule has 1 unspecified atom stereocenters. The van der Waals surface area contributed by atoms with Gasteiger partial charge in [0, 0.05) is 18.3 Å². The molecule has 1 aromatic rings. The lowest BCUT2D eigenvalue weighted by molar-refractivity contribution is 0.497. The van der Waals surface area contributed by atoms with Gasteiger partial charge in [0.15, 0.2) is 0 Å². The fourth-order valence-electron chi connectivity index (χ4n) is 1.22. The molecule has 0 aromatic carbocycles. The molecular formula is C10H16N2. The van der Waals surface area contributed by atoms with Crippen LogP contribution in [0.1, 0.15) is 32.5 Å². The van der Waals surface area contributed by atoms with Gasteiger partial charge in [-0.15, -0.1) is 0 Å². The predicted octanol–water partition coefficient (Wildman–Crippen LogP) is 2.14. The van der Waals surface area contributed by atoms with Crippen molar-refractivity contribution in [3.8, 4) is 0 Å². The maximum absolute atomic E-state index is 4.27. The quantitative estimate of drug-likeness (QED) is 0.740. The van der Waals surface area contributed by atoms with Crippen LogP contribution in [-0.4, -0.2) is 11.0 Å². The maximum Gasteiger partial charge on any atom is 0.0570 e. The highest BCUT2D eigenvalue weighted by molar-refractivity contribution is 5.07. The minimum absolute atomic E-state index is 0.339. The van der Waals surface area contributed by atoms with Gasteiger partial charge in [0.2, 0.25) is 0 Å². The van der Waals surface area contributed by atoms with Crippen LogP contribution in [0.15, 0.2) is 24.4 Å². The van der Waals surface area contributed by atoms with Crippen LogP contribution >= 0.6 is 0 Å². The molecule has 0 aliphatic carbocycles. The molecule has 0 fully saturated rings. The Bertz CT molecular complexity index is 219. The number of aromatic nitrogens is 1. The summed E-state index contributed by atoms with van der Waals surface area (Å²) in [6, 6.07) is 6.83. The first-order valence-corrected chi connectivity index (χ1v) is 4.37. The molecule has 0 bridgehead atoms. The molecule has 1 heterocycles. The lowest BCUT2D eigenvalue weighted by Gasteiger charge is -2.15. The third-order valence-electron chi connectivity index (χ3n) is 1.71. The monoisotopic (exact) mass is 164 g/mol. The number of nitrogens with one attached hydrogen (secondary N) is 1. The van der Waals surface area contributed by atoms with E-state index in [2.05, 4.69) is 31.1 Å². The molecule has 0 spiro atoms. The molecule has 1 atom stereocenters. The lowest BCUT2D eigenvalue weighted by Crippen LogP contribution is -2.26. The maximum atomic E-state index is 4.27. The second kappa shape index (κ2) is 4.21. The van der Waals surface area contributed by atoms with Crippen molar-refractivity contribution in [2.45, 2.75) is 32.9 Å². The molecule has 0 saturated heterocycles. The van der Waals surface area contributed by atoms with Gasteiger partial charge in [-0.05, 0) is 19.1 Å². The molecular weight excluding hydrogens is 148 g/mol. The SMILES string of the molecule is CC(C)NC(C)c1ccccn1. The van der Waals surface area contributed by atoms with E-state index in [4.69, 9.17) is 0 Å². The average Bonchev–Trinajstić information content (AvgIpc) is 2.05. The Hall–Kier alpha value is -0.890. The average molecular weight is 164 g/mol. The Labute approximate surface area is 74.0 Å². The third-order valence-corrected chi connectivity index (χ3v) is 1.71. The predicted molar refractivity (Wildman–Crippen MR) is 50.9 cm³/mol. The number of nitrogens with zero attached hydrogens (tertiary/aromatic N) is 1. The topological polar surface area (TPSA) is 24.9 Å². The highest BCUT2D eigenvalue weighted by Crippen LogP contribution is 2.08. The molecule has 0 aliphatic rings. The van der Waals surface area contributed by atoms with Crippen LogP contribution in [0.4, 0.5) is 0 Å². The molecule has 0 radical (unpaired) electrons. The van der Waals surface area contributed by atoms with Gasteiger partial charge in [-0.3, -0.25) is 4.98 Å². The summed E-state index contributed by atoms with van der Waals surface area (Å²) in [5, 5.41) is 3.40. The number of pyridine rings is 1. The van der Waals surface area contributed by atoms with Crippen LogP contribution in [-0.2, 0) is 0 Å². The fraction of sp³-hybridized carbons (Fsp3) is 0.500. The van der Waals surface area contributed by atoms with Gasteiger partial charge >= 0.3 is 0 Å². The zero-order chi connectivity index (χ0) is 8.97. The van der Waals surface area contributed by atoms with Crippen LogP contribution in [0, 0.1) is 0 Å². The van der Waals surface area contributed by atoms with Crippen molar-refractivity contribution in [2.75, 3.05) is 0 Å². The second-order valence-electron chi connectivity index (χ2n) is 3.30. The first kappa shape index (κ1) is 9.20. The van der Waals surface area contributed by atoms with Crippen LogP contribution in [0.5, 0.6) is 0 Å². The summed E-state index contributed by atoms with van der Waals surface area (Å²) in [7, 11) is 0. The Morgan fingerprint density at radius 3 is 2.50 bits per heavy atom. The van der Waals surface area contributed by atoms with E-state index in [0.717, 1.165) is 5.69 Å². The van der Waals surface area contributed by atoms with Crippen molar-refractivity contribution >= 4 is 0 Å². The van der Waals surface area contributed by atoms with E-state index in [-0.39, 0.29) is 0 Å². The van der Waals surface area contributed by atoms with Gasteiger partial charge < -0.3 is 5.32 Å². The Morgan fingerprint density at radius 2 is 2.00 bits per heavy atom. The smallest absolute Gasteiger partial charge is 0.0570 e. The number of rotatable bonds is 3. The molecule has 66 valence electrons. The minimum atomic E-state index is 0.339. The lowest BCUT2D eigenvalue weighted by atomic mass is 10.2. The van der Waals surface area contributed by atoms with Gasteiger partial charge in [-0.2, -0.15) is 0 Å². The van der Waals surface area contributed by atoms with E-state index in [0.29, 0.717) is 12.1 Å². The molecule has 0 saturated carbocycles. The highest BCUT2D eigenvalue weighted by Gasteiger charge is 2.05. The Morgan fingerprint density at radius 1 is 1.25 bits per heavy atom. The van der Waals surface area contributed by atoms with Gasteiger partial charge in [0.1, 0.15) is 0 Å². The normalized spacial score (nSPS) is 13.3. The summed E-state index contributed by atoms with van der Waals surface area (Å²) in [5.41, 5.74) is 1.10. The largest absolute Gasteiger partial charge is 0.307 e. The van der Waals surface area contributed by atoms with Crippen LogP contribution in [0.3, 0.4) is 0 Å². The van der Waals surface area contributed by atoms with Crippen molar-refractivity contribution in [3.63, 3.8) is 0 Å². The first-order valence-electron chi connectivity index (χ1n) is 4.37. The van der Waals surface area contributed by atoms with Gasteiger partial charge in [0.25, 0.3) is 0 Å². The molecule has 1 aromatic heterocycles. The summed E-state index contributed by atoms with van der Waals surface area (Å²) in [6.45, 7) is 6.40. The summed E-state index contributed by atoms with van der Waals surface area (Å²) >= 11 is 0. The van der Waals surface area contributed by atoms with E-state index < -0.39 is 0 Å². The molecule has 0 amide bonds. The van der Waals surface area contributed by atoms with Gasteiger partial charge in [-0.1, -0.05) is 19.9 Å². The summed E-state index contributed by atoms with van der Waals surface area (Å²) in [4.78, 5) is 4.27. The highest BCUT2D eigenvalue weighted by atomic mass is 15.0. The molecule has 1 N–H and O–H groups in total. The molecule has 2 heteroatoms. The van der Waals surface area contributed by atoms with Gasteiger partial charge in [-0.25, -0.2) is 0 Å². The van der Waals surface area contributed by atoms with E-state index in [1.54, 1.807) is 0 Å². The Balaban J connectivity index is 2.59. The standard InChI is InChI=1S/C10H16N2/c1-8(2)12-9(3)10-6-4-5-7-11-10/h4-9,12H,1-3H3. The Kier molecular flexibility index (Phi) is 3.23. The van der Waals surface area contributed by atoms with Crippen molar-refractivity contribution in [1.82, 2.24) is 10.3 Å². The molecule has 2 nitrogen and oxygen atoms in total. The number of hydrogen-bond acceptors (Lipinski definition) is 2. The van der Waals surface area contributed by atoms with E-state index >= 15 is 0 Å². The van der Waals surface area contributed by atoms with Crippen molar-refractivity contribution < 1.29 is 0 Å². The minimum Gasteiger partial charge on any atom is -0.307 e. The third kappa shape index (κ3) is 2.62. The van der Waals surface area contributed by atoms with Crippen LogP contribution < -0.4 is 5.32 Å². The van der Waals surface area contributed by atoms with Crippen molar-refractivity contribution in [2.24, 2.45) is 0 Å². The van der Waals surface area contributed by atoms with E-state index in [9.17, 15) is 0 Å². The summed E-state index contributed by atoms with van der Waals surface area (Å²) in [5.74, 6) is 0. The zero-order valence-electron chi connectivity index (χ0n) is 7.91. The van der Waals surface area contributed by atoms with Crippen LogP contribution in [0.25, 0.3) is 0 Å². The first-order chi connectivity index (χ1) is 5.70. The zero-order valence-corrected chi connectivity index (χ0v) is 7.91. The molecule has 12 heavy (non-hydrogen) atoms. The van der Waals surface area contributed by atoms with E-state index in [1.807, 2.05) is 24.4 Å². The fourth-order valence-corrected chi connectivity index (χ4v) is 1.22. The summed E-state index contributed by atoms with van der Waals surface area (Å²) < 4.78 is 0. The van der Waals surface area contributed by atoms with Crippen molar-refractivity contribution in [3.05, 3.63) is 30.1 Å². The number of hydrogen-bond donors (Lipinski definition) is 1. The van der Waals surface area contributed by atoms with E-state index in [1.165, 1.54) is 0 Å². The van der Waals surface area contributed by atoms with Crippen LogP contribution in [0.2, 0.25) is 0 Å². The summed E-state index contributed by atoms with van der Waals surface area (Å²) in [6.07, 6.45) is 1.83.